The van der Waals surface area contributed by atoms with Crippen molar-refractivity contribution in [2.75, 3.05) is 13.2 Å². The lowest BCUT2D eigenvalue weighted by atomic mass is 10.2. The van der Waals surface area contributed by atoms with Gasteiger partial charge < -0.3 is 10.1 Å². The zero-order chi connectivity index (χ0) is 18.8. The molecule has 2 aromatic carbocycles. The lowest BCUT2D eigenvalue weighted by Crippen LogP contribution is -2.29. The second-order valence-electron chi connectivity index (χ2n) is 5.25. The number of carbonyl (C=O) groups is 2. The predicted octanol–water partition coefficient (Wildman–Crippen LogP) is 2.49. The van der Waals surface area contributed by atoms with Crippen LogP contribution in [0.2, 0.25) is 0 Å². The zero-order valence-corrected chi connectivity index (χ0v) is 14.4. The molecule has 2 rings (SSSR count). The summed E-state index contributed by atoms with van der Waals surface area (Å²) < 4.78 is 18.9. The summed E-state index contributed by atoms with van der Waals surface area (Å²) in [4.78, 5) is 23.6. The lowest BCUT2D eigenvalue weighted by Gasteiger charge is -2.06. The number of amides is 2. The zero-order valence-electron chi connectivity index (χ0n) is 14.4. The molecule has 0 saturated carbocycles. The van der Waals surface area contributed by atoms with Crippen LogP contribution in [0.25, 0.3) is 0 Å². The van der Waals surface area contributed by atoms with E-state index in [0.29, 0.717) is 12.4 Å². The molecule has 0 aromatic heterocycles. The van der Waals surface area contributed by atoms with Gasteiger partial charge in [0.15, 0.2) is 0 Å². The van der Waals surface area contributed by atoms with Gasteiger partial charge in [-0.25, -0.2) is 9.82 Å². The van der Waals surface area contributed by atoms with Crippen molar-refractivity contribution >= 4 is 18.0 Å². The first-order valence-electron chi connectivity index (χ1n) is 8.18. The van der Waals surface area contributed by atoms with Crippen LogP contribution < -0.4 is 15.5 Å². The first kappa shape index (κ1) is 19.1. The van der Waals surface area contributed by atoms with Crippen molar-refractivity contribution in [1.82, 2.24) is 10.7 Å². The number of hydrogen-bond acceptors (Lipinski definition) is 4. The molecular formula is C19H20FN3O3. The average Bonchev–Trinajstić information content (AvgIpc) is 2.63. The number of ether oxygens (including phenoxy) is 1. The van der Waals surface area contributed by atoms with Crippen molar-refractivity contribution in [3.05, 3.63) is 65.5 Å². The van der Waals surface area contributed by atoms with Crippen molar-refractivity contribution in [1.29, 1.82) is 0 Å². The topological polar surface area (TPSA) is 79.8 Å². The molecule has 26 heavy (non-hydrogen) atoms. The Balaban J connectivity index is 1.77. The number of rotatable bonds is 8. The fraction of sp³-hybridized carbons (Fsp3) is 0.211. The van der Waals surface area contributed by atoms with Crippen LogP contribution in [-0.2, 0) is 4.79 Å². The highest BCUT2D eigenvalue weighted by Crippen LogP contribution is 2.15. The van der Waals surface area contributed by atoms with Crippen LogP contribution in [0.5, 0.6) is 5.75 Å². The van der Waals surface area contributed by atoms with E-state index in [0.717, 1.165) is 5.56 Å². The van der Waals surface area contributed by atoms with Gasteiger partial charge in [-0.15, -0.1) is 0 Å². The Morgan fingerprint density at radius 1 is 1.15 bits per heavy atom. The smallest absolute Gasteiger partial charge is 0.254 e. The quantitative estimate of drug-likeness (QED) is 0.563. The third-order valence-electron chi connectivity index (χ3n) is 3.37. The van der Waals surface area contributed by atoms with Crippen LogP contribution in [0.1, 0.15) is 29.3 Å². The Morgan fingerprint density at radius 3 is 2.65 bits per heavy atom. The molecule has 0 saturated heterocycles. The molecule has 0 aliphatic carbocycles. The molecule has 0 atom stereocenters. The standard InChI is InChI=1S/C19H20FN3O3/c1-2-26-17-10-6-3-7-14(17)13-22-23-18(24)11-12-21-19(25)15-8-4-5-9-16(15)20/h3-10,13H,2,11-12H2,1H3,(H,21,25)(H,23,24). The minimum Gasteiger partial charge on any atom is -0.493 e. The third-order valence-corrected chi connectivity index (χ3v) is 3.37. The van der Waals surface area contributed by atoms with E-state index >= 15 is 0 Å². The largest absolute Gasteiger partial charge is 0.493 e. The maximum Gasteiger partial charge on any atom is 0.254 e. The summed E-state index contributed by atoms with van der Waals surface area (Å²) in [7, 11) is 0. The number of para-hydroxylation sites is 1. The van der Waals surface area contributed by atoms with Gasteiger partial charge >= 0.3 is 0 Å². The number of nitrogens with zero attached hydrogens (tertiary/aromatic N) is 1. The van der Waals surface area contributed by atoms with Gasteiger partial charge in [0.05, 0.1) is 18.4 Å². The molecule has 0 aliphatic heterocycles. The van der Waals surface area contributed by atoms with Gasteiger partial charge in [-0.1, -0.05) is 24.3 Å². The monoisotopic (exact) mass is 357 g/mol. The number of hydrazone groups is 1. The van der Waals surface area contributed by atoms with Gasteiger partial charge in [0.2, 0.25) is 5.91 Å². The summed E-state index contributed by atoms with van der Waals surface area (Å²) in [5, 5.41) is 6.37. The van der Waals surface area contributed by atoms with E-state index in [1.807, 2.05) is 31.2 Å². The van der Waals surface area contributed by atoms with Crippen LogP contribution in [0.3, 0.4) is 0 Å². The summed E-state index contributed by atoms with van der Waals surface area (Å²) in [6.45, 7) is 2.48. The molecule has 2 aromatic rings. The number of nitrogens with one attached hydrogen (secondary N) is 2. The van der Waals surface area contributed by atoms with Crippen molar-refractivity contribution < 1.29 is 18.7 Å². The fourth-order valence-electron chi connectivity index (χ4n) is 2.13. The Hall–Kier alpha value is -3.22. The van der Waals surface area contributed by atoms with E-state index in [1.165, 1.54) is 24.4 Å². The molecule has 0 heterocycles. The SMILES string of the molecule is CCOc1ccccc1C=NNC(=O)CCNC(=O)c1ccccc1F. The fourth-order valence-corrected chi connectivity index (χ4v) is 2.13. The third kappa shape index (κ3) is 5.70. The van der Waals surface area contributed by atoms with E-state index < -0.39 is 11.7 Å². The highest BCUT2D eigenvalue weighted by molar-refractivity contribution is 5.94. The molecule has 2 N–H and O–H groups in total. The lowest BCUT2D eigenvalue weighted by molar-refractivity contribution is -0.120. The number of carbonyl (C=O) groups excluding carboxylic acids is 2. The molecule has 0 bridgehead atoms. The maximum absolute atomic E-state index is 13.5. The summed E-state index contributed by atoms with van der Waals surface area (Å²) in [5.74, 6) is -0.869. The van der Waals surface area contributed by atoms with E-state index in [-0.39, 0.29) is 24.4 Å². The van der Waals surface area contributed by atoms with Crippen molar-refractivity contribution in [2.45, 2.75) is 13.3 Å². The molecule has 0 radical (unpaired) electrons. The predicted molar refractivity (Wildman–Crippen MR) is 96.7 cm³/mol. The summed E-state index contributed by atoms with van der Waals surface area (Å²) in [5.41, 5.74) is 3.06. The molecule has 0 unspecified atom stereocenters. The highest BCUT2D eigenvalue weighted by Gasteiger charge is 2.10. The summed E-state index contributed by atoms with van der Waals surface area (Å²) in [6.07, 6.45) is 1.51. The van der Waals surface area contributed by atoms with Crippen LogP contribution in [-0.4, -0.2) is 31.2 Å². The van der Waals surface area contributed by atoms with Gasteiger partial charge in [-0.05, 0) is 31.2 Å². The Morgan fingerprint density at radius 2 is 1.88 bits per heavy atom. The molecule has 136 valence electrons. The van der Waals surface area contributed by atoms with Gasteiger partial charge in [-0.2, -0.15) is 5.10 Å². The van der Waals surface area contributed by atoms with Crippen LogP contribution in [0.4, 0.5) is 4.39 Å². The van der Waals surface area contributed by atoms with Crippen molar-refractivity contribution in [3.63, 3.8) is 0 Å². The van der Waals surface area contributed by atoms with Crippen LogP contribution in [0, 0.1) is 5.82 Å². The van der Waals surface area contributed by atoms with Crippen LogP contribution in [0.15, 0.2) is 53.6 Å². The minimum atomic E-state index is -0.605. The average molecular weight is 357 g/mol. The van der Waals surface area contributed by atoms with Crippen molar-refractivity contribution in [3.8, 4) is 5.75 Å². The molecule has 0 fully saturated rings. The van der Waals surface area contributed by atoms with Gasteiger partial charge in [0.25, 0.3) is 5.91 Å². The Kier molecular flexibility index (Phi) is 7.30. The Bertz CT molecular complexity index is 793. The van der Waals surface area contributed by atoms with E-state index in [4.69, 9.17) is 4.74 Å². The van der Waals surface area contributed by atoms with Crippen LogP contribution >= 0.6 is 0 Å². The number of halogens is 1. The van der Waals surface area contributed by atoms with Gasteiger partial charge in [0, 0.05) is 18.5 Å². The first-order valence-corrected chi connectivity index (χ1v) is 8.18. The van der Waals surface area contributed by atoms with Gasteiger partial charge in [0.1, 0.15) is 11.6 Å². The number of benzene rings is 2. The summed E-state index contributed by atoms with van der Waals surface area (Å²) >= 11 is 0. The molecule has 2 amide bonds. The van der Waals surface area contributed by atoms with Crippen molar-refractivity contribution in [2.24, 2.45) is 5.10 Å². The van der Waals surface area contributed by atoms with E-state index in [2.05, 4.69) is 15.8 Å². The normalized spacial score (nSPS) is 10.5. The highest BCUT2D eigenvalue weighted by atomic mass is 19.1. The second-order valence-corrected chi connectivity index (χ2v) is 5.25. The first-order chi connectivity index (χ1) is 12.6. The minimum absolute atomic E-state index is 0.0185. The van der Waals surface area contributed by atoms with Gasteiger partial charge in [-0.3, -0.25) is 9.59 Å². The maximum atomic E-state index is 13.5. The van der Waals surface area contributed by atoms with E-state index in [1.54, 1.807) is 6.07 Å². The molecule has 0 aliphatic rings. The molecular weight excluding hydrogens is 337 g/mol. The molecule has 7 heteroatoms. The molecule has 6 nitrogen and oxygen atoms in total. The Labute approximate surface area is 151 Å². The molecule has 0 spiro atoms. The summed E-state index contributed by atoms with van der Waals surface area (Å²) in [6, 6.07) is 13.0. The second kappa shape index (κ2) is 9.93. The van der Waals surface area contributed by atoms with E-state index in [9.17, 15) is 14.0 Å². The number of hydrogen-bond donors (Lipinski definition) is 2.